The minimum Gasteiger partial charge on any atom is -0.355 e. The highest BCUT2D eigenvalue weighted by Crippen LogP contribution is 2.43. The Labute approximate surface area is 97.8 Å². The molecule has 0 unspecified atom stereocenters. The third-order valence-electron chi connectivity index (χ3n) is 3.74. The number of carbonyl (C=O) groups is 1. The third-order valence-corrected chi connectivity index (χ3v) is 4.41. The summed E-state index contributed by atoms with van der Waals surface area (Å²) >= 11 is 5.76. The number of amides is 1. The van der Waals surface area contributed by atoms with Crippen LogP contribution in [0.15, 0.2) is 0 Å². The van der Waals surface area contributed by atoms with Gasteiger partial charge in [-0.3, -0.25) is 4.79 Å². The van der Waals surface area contributed by atoms with E-state index in [-0.39, 0.29) is 5.91 Å². The summed E-state index contributed by atoms with van der Waals surface area (Å²) in [6, 6.07) is 0. The Morgan fingerprint density at radius 2 is 2.07 bits per heavy atom. The van der Waals surface area contributed by atoms with Crippen LogP contribution in [-0.2, 0) is 4.79 Å². The fourth-order valence-electron chi connectivity index (χ4n) is 1.90. The van der Waals surface area contributed by atoms with E-state index in [0.717, 1.165) is 13.0 Å². The van der Waals surface area contributed by atoms with E-state index >= 15 is 0 Å². The minimum absolute atomic E-state index is 0.0808. The average molecular weight is 232 g/mol. The second-order valence-corrected chi connectivity index (χ2v) is 5.67. The smallest absolute Gasteiger partial charge is 0.226 e. The Morgan fingerprint density at radius 1 is 1.47 bits per heavy atom. The molecule has 1 aliphatic carbocycles. The highest BCUT2D eigenvalue weighted by molar-refractivity contribution is 6.19. The van der Waals surface area contributed by atoms with Crippen molar-refractivity contribution in [3.8, 4) is 0 Å². The van der Waals surface area contributed by atoms with Gasteiger partial charge in [-0.25, -0.2) is 0 Å². The van der Waals surface area contributed by atoms with Crippen molar-refractivity contribution in [2.45, 2.75) is 46.5 Å². The van der Waals surface area contributed by atoms with E-state index in [2.05, 4.69) is 12.2 Å². The van der Waals surface area contributed by atoms with Gasteiger partial charge in [-0.05, 0) is 38.5 Å². The first-order chi connectivity index (χ1) is 6.96. The molecule has 2 nitrogen and oxygen atoms in total. The van der Waals surface area contributed by atoms with Gasteiger partial charge in [-0.1, -0.05) is 13.3 Å². The zero-order chi connectivity index (χ0) is 11.5. The van der Waals surface area contributed by atoms with Crippen molar-refractivity contribution < 1.29 is 4.79 Å². The lowest BCUT2D eigenvalue weighted by Crippen LogP contribution is -2.46. The summed E-state index contributed by atoms with van der Waals surface area (Å²) in [5.74, 6) is 0.454. The van der Waals surface area contributed by atoms with Gasteiger partial charge in [0.15, 0.2) is 0 Å². The average Bonchev–Trinajstić information content (AvgIpc) is 2.16. The van der Waals surface area contributed by atoms with E-state index in [0.29, 0.717) is 11.3 Å². The maximum absolute atomic E-state index is 11.8. The Morgan fingerprint density at radius 3 is 2.40 bits per heavy atom. The van der Waals surface area contributed by atoms with Gasteiger partial charge in [-0.2, -0.15) is 0 Å². The molecule has 1 fully saturated rings. The van der Waals surface area contributed by atoms with Crippen molar-refractivity contribution in [2.75, 3.05) is 12.4 Å². The molecule has 0 atom stereocenters. The standard InChI is InChI=1S/C12H22ClNO/c1-4-12(6-5-7-12)9-14-10(15)11(2,3)8-13/h4-9H2,1-3H3,(H,14,15). The first-order valence-corrected chi connectivity index (χ1v) is 6.33. The molecule has 0 heterocycles. The van der Waals surface area contributed by atoms with Crippen LogP contribution < -0.4 is 5.32 Å². The van der Waals surface area contributed by atoms with Crippen molar-refractivity contribution in [3.63, 3.8) is 0 Å². The summed E-state index contributed by atoms with van der Waals surface area (Å²) < 4.78 is 0. The molecule has 0 aliphatic heterocycles. The fraction of sp³-hybridized carbons (Fsp3) is 0.917. The molecule has 0 saturated heterocycles. The SMILES string of the molecule is CCC1(CNC(=O)C(C)(C)CCl)CCC1. The Hall–Kier alpha value is -0.240. The van der Waals surface area contributed by atoms with E-state index < -0.39 is 5.41 Å². The van der Waals surface area contributed by atoms with Crippen molar-refractivity contribution >= 4 is 17.5 Å². The number of hydrogen-bond donors (Lipinski definition) is 1. The van der Waals surface area contributed by atoms with Crippen molar-refractivity contribution in [1.82, 2.24) is 5.32 Å². The maximum atomic E-state index is 11.8. The normalized spacial score (nSPS) is 19.5. The van der Waals surface area contributed by atoms with E-state index in [1.54, 1.807) is 0 Å². The molecule has 0 aromatic rings. The van der Waals surface area contributed by atoms with E-state index in [1.807, 2.05) is 13.8 Å². The second-order valence-electron chi connectivity index (χ2n) is 5.41. The largest absolute Gasteiger partial charge is 0.355 e. The molecule has 1 aliphatic rings. The number of nitrogens with one attached hydrogen (secondary N) is 1. The van der Waals surface area contributed by atoms with Crippen LogP contribution in [0.3, 0.4) is 0 Å². The number of carbonyl (C=O) groups excluding carboxylic acids is 1. The minimum atomic E-state index is -0.444. The molecule has 3 heteroatoms. The summed E-state index contributed by atoms with van der Waals surface area (Å²) in [7, 11) is 0. The Balaban J connectivity index is 2.40. The molecule has 0 aromatic heterocycles. The predicted molar refractivity (Wildman–Crippen MR) is 64.1 cm³/mol. The topological polar surface area (TPSA) is 29.1 Å². The van der Waals surface area contributed by atoms with Crippen LogP contribution in [0.4, 0.5) is 0 Å². The van der Waals surface area contributed by atoms with Crippen molar-refractivity contribution in [1.29, 1.82) is 0 Å². The van der Waals surface area contributed by atoms with Gasteiger partial charge in [0.25, 0.3) is 0 Å². The summed E-state index contributed by atoms with van der Waals surface area (Å²) in [5.41, 5.74) is -0.0573. The van der Waals surface area contributed by atoms with Crippen LogP contribution in [0.1, 0.15) is 46.5 Å². The summed E-state index contributed by atoms with van der Waals surface area (Å²) in [5, 5.41) is 3.04. The Bertz CT molecular complexity index is 228. The molecule has 1 saturated carbocycles. The number of rotatable bonds is 5. The first kappa shape index (κ1) is 12.8. The molecule has 1 N–H and O–H groups in total. The predicted octanol–water partition coefficient (Wildman–Crippen LogP) is 2.95. The maximum Gasteiger partial charge on any atom is 0.226 e. The molecule has 0 radical (unpaired) electrons. The highest BCUT2D eigenvalue weighted by Gasteiger charge is 2.36. The lowest BCUT2D eigenvalue weighted by Gasteiger charge is -2.42. The summed E-state index contributed by atoms with van der Waals surface area (Å²) in [4.78, 5) is 11.8. The third kappa shape index (κ3) is 2.87. The molecule has 1 rings (SSSR count). The molecule has 1 amide bonds. The molecule has 0 bridgehead atoms. The molecule has 88 valence electrons. The van der Waals surface area contributed by atoms with Crippen LogP contribution in [0.5, 0.6) is 0 Å². The fourth-order valence-corrected chi connectivity index (χ4v) is 2.02. The van der Waals surface area contributed by atoms with Crippen molar-refractivity contribution in [3.05, 3.63) is 0 Å². The summed E-state index contributed by atoms with van der Waals surface area (Å²) in [6.07, 6.45) is 4.98. The van der Waals surface area contributed by atoms with E-state index in [1.165, 1.54) is 19.3 Å². The highest BCUT2D eigenvalue weighted by atomic mass is 35.5. The van der Waals surface area contributed by atoms with Crippen LogP contribution in [0, 0.1) is 10.8 Å². The van der Waals surface area contributed by atoms with E-state index in [9.17, 15) is 4.79 Å². The first-order valence-electron chi connectivity index (χ1n) is 5.80. The van der Waals surface area contributed by atoms with Gasteiger partial charge in [0, 0.05) is 12.4 Å². The van der Waals surface area contributed by atoms with Crippen LogP contribution >= 0.6 is 11.6 Å². The van der Waals surface area contributed by atoms with Crippen LogP contribution in [-0.4, -0.2) is 18.3 Å². The lowest BCUT2D eigenvalue weighted by molar-refractivity contribution is -0.129. The van der Waals surface area contributed by atoms with Crippen molar-refractivity contribution in [2.24, 2.45) is 10.8 Å². The monoisotopic (exact) mass is 231 g/mol. The molecular formula is C12H22ClNO. The Kier molecular flexibility index (Phi) is 4.05. The van der Waals surface area contributed by atoms with Gasteiger partial charge in [0.1, 0.15) is 0 Å². The quantitative estimate of drug-likeness (QED) is 0.725. The number of alkyl halides is 1. The molecular weight excluding hydrogens is 210 g/mol. The zero-order valence-electron chi connectivity index (χ0n) is 10.0. The number of hydrogen-bond acceptors (Lipinski definition) is 1. The zero-order valence-corrected chi connectivity index (χ0v) is 10.8. The summed E-state index contributed by atoms with van der Waals surface area (Å²) in [6.45, 7) is 6.80. The van der Waals surface area contributed by atoms with Gasteiger partial charge in [0.05, 0.1) is 5.41 Å². The second kappa shape index (κ2) is 4.73. The molecule has 15 heavy (non-hydrogen) atoms. The molecule has 0 spiro atoms. The molecule has 0 aromatic carbocycles. The van der Waals surface area contributed by atoms with Gasteiger partial charge >= 0.3 is 0 Å². The van der Waals surface area contributed by atoms with E-state index in [4.69, 9.17) is 11.6 Å². The van der Waals surface area contributed by atoms with Gasteiger partial charge < -0.3 is 5.32 Å². The van der Waals surface area contributed by atoms with Crippen LogP contribution in [0.2, 0.25) is 0 Å². The van der Waals surface area contributed by atoms with Crippen LogP contribution in [0.25, 0.3) is 0 Å². The lowest BCUT2D eigenvalue weighted by atomic mass is 9.67. The van der Waals surface area contributed by atoms with Gasteiger partial charge in [-0.15, -0.1) is 11.6 Å². The van der Waals surface area contributed by atoms with Gasteiger partial charge in [0.2, 0.25) is 5.91 Å². The number of halogens is 1.